The van der Waals surface area contributed by atoms with E-state index in [4.69, 9.17) is 9.47 Å². The molecule has 13 heteroatoms. The molecular formula is C37H43F3N6O4. The number of aromatic nitrogens is 4. The van der Waals surface area contributed by atoms with Crippen molar-refractivity contribution in [2.45, 2.75) is 96.7 Å². The second-order valence-electron chi connectivity index (χ2n) is 14.9. The summed E-state index contributed by atoms with van der Waals surface area (Å²) in [7, 11) is 0. The van der Waals surface area contributed by atoms with Crippen molar-refractivity contribution in [2.75, 3.05) is 13.1 Å². The Morgan fingerprint density at radius 2 is 1.14 bits per heavy atom. The number of carbonyl (C=O) groups excluding carboxylic acids is 2. The molecular weight excluding hydrogens is 649 g/mol. The largest absolute Gasteiger partial charge is 0.444 e. The molecule has 0 spiro atoms. The number of hydrogen-bond acceptors (Lipinski definition) is 6. The molecule has 2 aliphatic rings. The first-order chi connectivity index (χ1) is 23.5. The fraction of sp³-hybridized carbons (Fsp3) is 0.459. The predicted molar refractivity (Wildman–Crippen MR) is 182 cm³/mol. The minimum atomic E-state index is -4.62. The molecule has 2 saturated heterocycles. The van der Waals surface area contributed by atoms with Gasteiger partial charge in [0, 0.05) is 18.7 Å². The van der Waals surface area contributed by atoms with E-state index < -0.39 is 29.0 Å². The van der Waals surface area contributed by atoms with Gasteiger partial charge in [-0.05, 0) is 90.0 Å². The number of benzene rings is 2. The number of imidazole rings is 2. The van der Waals surface area contributed by atoms with E-state index in [2.05, 4.69) is 19.9 Å². The zero-order valence-corrected chi connectivity index (χ0v) is 29.1. The van der Waals surface area contributed by atoms with Gasteiger partial charge in [-0.3, -0.25) is 9.80 Å². The summed E-state index contributed by atoms with van der Waals surface area (Å²) in [4.78, 5) is 44.3. The van der Waals surface area contributed by atoms with Crippen molar-refractivity contribution in [3.8, 4) is 33.6 Å². The van der Waals surface area contributed by atoms with Crippen LogP contribution in [0.25, 0.3) is 33.6 Å². The Balaban J connectivity index is 1.21. The van der Waals surface area contributed by atoms with E-state index in [1.807, 2.05) is 20.8 Å². The van der Waals surface area contributed by atoms with Gasteiger partial charge < -0.3 is 19.4 Å². The van der Waals surface area contributed by atoms with E-state index in [0.717, 1.165) is 30.9 Å². The second-order valence-corrected chi connectivity index (χ2v) is 14.9. The van der Waals surface area contributed by atoms with Crippen LogP contribution in [0.2, 0.25) is 0 Å². The number of amides is 2. The van der Waals surface area contributed by atoms with Gasteiger partial charge in [0.05, 0.1) is 41.4 Å². The van der Waals surface area contributed by atoms with Crippen LogP contribution < -0.4 is 0 Å². The van der Waals surface area contributed by atoms with Gasteiger partial charge in [-0.15, -0.1) is 0 Å². The third-order valence-electron chi connectivity index (χ3n) is 8.73. The van der Waals surface area contributed by atoms with Gasteiger partial charge in [-0.2, -0.15) is 13.2 Å². The molecule has 2 aromatic heterocycles. The minimum Gasteiger partial charge on any atom is -0.444 e. The fourth-order valence-electron chi connectivity index (χ4n) is 6.51. The lowest BCUT2D eigenvalue weighted by atomic mass is 9.95. The van der Waals surface area contributed by atoms with Gasteiger partial charge >= 0.3 is 18.4 Å². The van der Waals surface area contributed by atoms with Crippen LogP contribution in [0.1, 0.15) is 96.5 Å². The fourth-order valence-corrected chi connectivity index (χ4v) is 6.51. The third kappa shape index (κ3) is 7.66. The second kappa shape index (κ2) is 13.1. The number of alkyl halides is 3. The summed E-state index contributed by atoms with van der Waals surface area (Å²) in [6.45, 7) is 11.9. The summed E-state index contributed by atoms with van der Waals surface area (Å²) < 4.78 is 54.6. The molecule has 4 aromatic rings. The zero-order valence-electron chi connectivity index (χ0n) is 29.1. The molecule has 4 heterocycles. The van der Waals surface area contributed by atoms with Crippen LogP contribution in [0.4, 0.5) is 22.8 Å². The maximum absolute atomic E-state index is 14.5. The van der Waals surface area contributed by atoms with E-state index in [9.17, 15) is 22.8 Å². The lowest BCUT2D eigenvalue weighted by Crippen LogP contribution is -2.36. The molecule has 2 N–H and O–H groups in total. The Hall–Kier alpha value is -4.81. The van der Waals surface area contributed by atoms with E-state index in [1.165, 1.54) is 12.3 Å². The maximum atomic E-state index is 14.5. The van der Waals surface area contributed by atoms with Gasteiger partial charge in [0.25, 0.3) is 0 Å². The standard InChI is InChI=1S/C37H43F3N6O4/c1-35(2,3)49-33(47)45-17-7-9-29(45)31-41-20-27(43-31)23-13-11-22(12-14-23)25-16-15-24(19-26(25)37(38,39)40)28-21-42-32(44-28)30-10-8-18-46(30)34(48)50-36(4,5)6/h11-16,19-21,29-30H,7-10,17-18H2,1-6H3,(H,41,43)(H,42,44)/t29-,30-/m0/s1. The highest BCUT2D eigenvalue weighted by atomic mass is 19.4. The highest BCUT2D eigenvalue weighted by molar-refractivity contribution is 5.75. The SMILES string of the molecule is CC(C)(C)OC(=O)N1CCC[C@H]1c1ncc(-c2ccc(-c3ccc(-c4cnc([C@@H]5CCCN5C(=O)OC(C)(C)C)[nH]4)cc3C(F)(F)F)cc2)[nH]1. The average molecular weight is 693 g/mol. The molecule has 6 rings (SSSR count). The van der Waals surface area contributed by atoms with Crippen LogP contribution in [-0.2, 0) is 15.7 Å². The van der Waals surface area contributed by atoms with Gasteiger partial charge in [0.2, 0.25) is 0 Å². The Bertz CT molecular complexity index is 1850. The lowest BCUT2D eigenvalue weighted by Gasteiger charge is -2.27. The summed E-state index contributed by atoms with van der Waals surface area (Å²) in [5, 5.41) is 0. The molecule has 266 valence electrons. The molecule has 2 atom stereocenters. The van der Waals surface area contributed by atoms with Gasteiger partial charge in [-0.25, -0.2) is 19.6 Å². The molecule has 0 aliphatic carbocycles. The Morgan fingerprint density at radius 3 is 1.60 bits per heavy atom. The average Bonchev–Trinajstić information content (AvgIpc) is 3.85. The molecule has 0 bridgehead atoms. The number of aromatic amines is 2. The number of ether oxygens (including phenoxy) is 2. The summed E-state index contributed by atoms with van der Waals surface area (Å²) in [5.74, 6) is 1.14. The number of likely N-dealkylation sites (tertiary alicyclic amines) is 2. The van der Waals surface area contributed by atoms with Crippen molar-refractivity contribution in [2.24, 2.45) is 0 Å². The quantitative estimate of drug-likeness (QED) is 0.215. The van der Waals surface area contributed by atoms with Crippen LogP contribution in [0.5, 0.6) is 0 Å². The molecule has 2 fully saturated rings. The predicted octanol–water partition coefficient (Wildman–Crippen LogP) is 9.30. The summed E-state index contributed by atoms with van der Waals surface area (Å²) >= 11 is 0. The summed E-state index contributed by atoms with van der Waals surface area (Å²) in [6.07, 6.45) is 0.714. The topological polar surface area (TPSA) is 116 Å². The van der Waals surface area contributed by atoms with Crippen molar-refractivity contribution in [3.63, 3.8) is 0 Å². The van der Waals surface area contributed by atoms with Crippen molar-refractivity contribution in [1.29, 1.82) is 0 Å². The molecule has 0 unspecified atom stereocenters. The Morgan fingerprint density at radius 1 is 0.700 bits per heavy atom. The van der Waals surface area contributed by atoms with Crippen LogP contribution in [0, 0.1) is 0 Å². The van der Waals surface area contributed by atoms with E-state index in [-0.39, 0.29) is 23.7 Å². The number of hydrogen-bond donors (Lipinski definition) is 2. The first-order valence-corrected chi connectivity index (χ1v) is 16.9. The maximum Gasteiger partial charge on any atom is 0.417 e. The summed E-state index contributed by atoms with van der Waals surface area (Å²) in [6, 6.07) is 10.4. The molecule has 0 saturated carbocycles. The van der Waals surface area contributed by atoms with E-state index >= 15 is 0 Å². The van der Waals surface area contributed by atoms with Crippen molar-refractivity contribution in [3.05, 3.63) is 72.1 Å². The first kappa shape index (κ1) is 35.0. The number of rotatable bonds is 5. The van der Waals surface area contributed by atoms with Gasteiger partial charge in [0.15, 0.2) is 0 Å². The Labute approximate surface area is 289 Å². The molecule has 10 nitrogen and oxygen atoms in total. The first-order valence-electron chi connectivity index (χ1n) is 16.9. The highest BCUT2D eigenvalue weighted by Crippen LogP contribution is 2.41. The number of nitrogens with zero attached hydrogens (tertiary/aromatic N) is 4. The number of nitrogens with one attached hydrogen (secondary N) is 2. The molecule has 2 aliphatic heterocycles. The molecule has 2 amide bonds. The van der Waals surface area contributed by atoms with Crippen molar-refractivity contribution >= 4 is 12.2 Å². The van der Waals surface area contributed by atoms with E-state index in [0.29, 0.717) is 53.7 Å². The van der Waals surface area contributed by atoms with Crippen LogP contribution >= 0.6 is 0 Å². The highest BCUT2D eigenvalue weighted by Gasteiger charge is 2.37. The van der Waals surface area contributed by atoms with Crippen molar-refractivity contribution in [1.82, 2.24) is 29.7 Å². The normalized spacial score (nSPS) is 18.5. The zero-order chi connectivity index (χ0) is 36.0. The van der Waals surface area contributed by atoms with Crippen LogP contribution in [0.15, 0.2) is 54.9 Å². The monoisotopic (exact) mass is 692 g/mol. The van der Waals surface area contributed by atoms with Crippen LogP contribution in [0.3, 0.4) is 0 Å². The number of H-pyrrole nitrogens is 2. The van der Waals surface area contributed by atoms with Gasteiger partial charge in [0.1, 0.15) is 22.9 Å². The lowest BCUT2D eigenvalue weighted by molar-refractivity contribution is -0.137. The smallest absolute Gasteiger partial charge is 0.417 e. The summed E-state index contributed by atoms with van der Waals surface area (Å²) in [5.41, 5.74) is 0.598. The van der Waals surface area contributed by atoms with Gasteiger partial charge in [-0.1, -0.05) is 36.4 Å². The molecule has 2 aromatic carbocycles. The Kier molecular flexibility index (Phi) is 9.21. The molecule has 50 heavy (non-hydrogen) atoms. The minimum absolute atomic E-state index is 0.0451. The number of halogens is 3. The third-order valence-corrected chi connectivity index (χ3v) is 8.73. The van der Waals surface area contributed by atoms with Crippen LogP contribution in [-0.4, -0.2) is 66.2 Å². The molecule has 0 radical (unpaired) electrons. The van der Waals surface area contributed by atoms with Crippen molar-refractivity contribution < 1.29 is 32.2 Å². The number of carbonyl (C=O) groups is 2. The van der Waals surface area contributed by atoms with E-state index in [1.54, 1.807) is 67.1 Å².